The van der Waals surface area contributed by atoms with Gasteiger partial charge in [0, 0.05) is 0 Å². The zero-order valence-corrected chi connectivity index (χ0v) is 11.6. The Morgan fingerprint density at radius 3 is 2.76 bits per heavy atom. The quantitative estimate of drug-likeness (QED) is 0.710. The van der Waals surface area contributed by atoms with Crippen molar-refractivity contribution in [2.75, 3.05) is 17.7 Å². The third-order valence-electron chi connectivity index (χ3n) is 2.91. The number of ether oxygens (including phenoxy) is 1. The Morgan fingerprint density at radius 2 is 2.00 bits per heavy atom. The highest BCUT2D eigenvalue weighted by atomic mass is 16.5. The molecule has 0 fully saturated rings. The summed E-state index contributed by atoms with van der Waals surface area (Å²) in [6.45, 7) is 0.221. The molecule has 5 nitrogen and oxygen atoms in total. The molecule has 1 amide bonds. The lowest BCUT2D eigenvalue weighted by atomic mass is 10.2. The molecule has 0 saturated heterocycles. The molecule has 0 aliphatic heterocycles. The minimum absolute atomic E-state index is 0.0367. The predicted molar refractivity (Wildman–Crippen MR) is 82.0 cm³/mol. The van der Waals surface area contributed by atoms with Crippen LogP contribution in [0.25, 0.3) is 0 Å². The van der Waals surface area contributed by atoms with Crippen LogP contribution in [-0.4, -0.2) is 17.6 Å². The maximum Gasteiger partial charge on any atom is 0.227 e. The molecule has 0 saturated carbocycles. The first kappa shape index (κ1) is 14.9. The molecule has 5 heteroatoms. The molecule has 2 aromatic rings. The Hall–Kier alpha value is -2.53. The lowest BCUT2D eigenvalue weighted by molar-refractivity contribution is -0.116. The van der Waals surface area contributed by atoms with Gasteiger partial charge in [0.25, 0.3) is 0 Å². The first-order valence-corrected chi connectivity index (χ1v) is 6.66. The van der Waals surface area contributed by atoms with E-state index in [4.69, 9.17) is 15.6 Å². The number of rotatable bonds is 6. The summed E-state index contributed by atoms with van der Waals surface area (Å²) in [7, 11) is 0. The fourth-order valence-corrected chi connectivity index (χ4v) is 1.82. The number of nitrogens with two attached hydrogens (primary N) is 1. The standard InChI is InChI=1S/C16H18N2O3/c17-14-6-1-2-7-15(14)18-16(20)8-9-21-13-5-3-4-12(10-13)11-19/h1-7,10,19H,8-9,11,17H2,(H,18,20). The number of nitrogen functional groups attached to an aromatic ring is 1. The number of carbonyl (C=O) groups is 1. The molecule has 110 valence electrons. The number of amides is 1. The molecule has 0 unspecified atom stereocenters. The summed E-state index contributed by atoms with van der Waals surface area (Å²) in [5, 5.41) is 11.8. The molecule has 2 rings (SSSR count). The summed E-state index contributed by atoms with van der Waals surface area (Å²) in [5.41, 5.74) is 7.65. The second-order valence-corrected chi connectivity index (χ2v) is 4.54. The maximum absolute atomic E-state index is 11.8. The summed E-state index contributed by atoms with van der Waals surface area (Å²) in [4.78, 5) is 11.8. The number of hydrogen-bond donors (Lipinski definition) is 3. The van der Waals surface area contributed by atoms with E-state index in [1.165, 1.54) is 0 Å². The van der Waals surface area contributed by atoms with Gasteiger partial charge in [-0.1, -0.05) is 24.3 Å². The second-order valence-electron chi connectivity index (χ2n) is 4.54. The number of aliphatic hydroxyl groups is 1. The van der Waals surface area contributed by atoms with Crippen molar-refractivity contribution in [3.8, 4) is 5.75 Å². The van der Waals surface area contributed by atoms with E-state index in [1.807, 2.05) is 12.1 Å². The van der Waals surface area contributed by atoms with Crippen molar-refractivity contribution in [2.45, 2.75) is 13.0 Å². The number of benzene rings is 2. The van der Waals surface area contributed by atoms with E-state index in [2.05, 4.69) is 5.32 Å². The number of aliphatic hydroxyl groups excluding tert-OH is 1. The van der Waals surface area contributed by atoms with Gasteiger partial charge >= 0.3 is 0 Å². The van der Waals surface area contributed by atoms with Crippen molar-refractivity contribution in [3.05, 3.63) is 54.1 Å². The average Bonchev–Trinajstić information content (AvgIpc) is 2.50. The molecule has 0 atom stereocenters. The summed E-state index contributed by atoms with van der Waals surface area (Å²) >= 11 is 0. The van der Waals surface area contributed by atoms with Crippen molar-refractivity contribution in [1.29, 1.82) is 0 Å². The first-order valence-electron chi connectivity index (χ1n) is 6.66. The van der Waals surface area contributed by atoms with Crippen LogP contribution in [0.15, 0.2) is 48.5 Å². The van der Waals surface area contributed by atoms with Crippen LogP contribution >= 0.6 is 0 Å². The van der Waals surface area contributed by atoms with Crippen molar-refractivity contribution >= 4 is 17.3 Å². The van der Waals surface area contributed by atoms with E-state index in [-0.39, 0.29) is 25.5 Å². The van der Waals surface area contributed by atoms with Gasteiger partial charge in [-0.25, -0.2) is 0 Å². The number of carbonyl (C=O) groups excluding carboxylic acids is 1. The molecule has 21 heavy (non-hydrogen) atoms. The molecule has 0 aliphatic carbocycles. The van der Waals surface area contributed by atoms with E-state index in [0.717, 1.165) is 5.56 Å². The Kier molecular flexibility index (Phi) is 5.17. The van der Waals surface area contributed by atoms with E-state index in [9.17, 15) is 4.79 Å². The minimum Gasteiger partial charge on any atom is -0.493 e. The second kappa shape index (κ2) is 7.31. The van der Waals surface area contributed by atoms with Gasteiger partial charge < -0.3 is 20.9 Å². The molecule has 0 aromatic heterocycles. The van der Waals surface area contributed by atoms with Crippen molar-refractivity contribution in [1.82, 2.24) is 0 Å². The third kappa shape index (κ3) is 4.50. The molecule has 0 spiro atoms. The van der Waals surface area contributed by atoms with Gasteiger partial charge in [0.2, 0.25) is 5.91 Å². The van der Waals surface area contributed by atoms with Gasteiger partial charge in [0.15, 0.2) is 0 Å². The number of hydrogen-bond acceptors (Lipinski definition) is 4. The lowest BCUT2D eigenvalue weighted by Gasteiger charge is -2.09. The highest BCUT2D eigenvalue weighted by Crippen LogP contribution is 2.17. The highest BCUT2D eigenvalue weighted by Gasteiger charge is 2.05. The van der Waals surface area contributed by atoms with Gasteiger partial charge in [-0.15, -0.1) is 0 Å². The van der Waals surface area contributed by atoms with Crippen LogP contribution in [0.2, 0.25) is 0 Å². The van der Waals surface area contributed by atoms with Crippen molar-refractivity contribution in [2.24, 2.45) is 0 Å². The topological polar surface area (TPSA) is 84.6 Å². The Morgan fingerprint density at radius 1 is 1.19 bits per heavy atom. The molecule has 0 heterocycles. The Balaban J connectivity index is 1.80. The Bertz CT molecular complexity index is 614. The molecular weight excluding hydrogens is 268 g/mol. The monoisotopic (exact) mass is 286 g/mol. The van der Waals surface area contributed by atoms with Crippen LogP contribution in [0.3, 0.4) is 0 Å². The molecule has 0 bridgehead atoms. The first-order chi connectivity index (χ1) is 10.2. The minimum atomic E-state index is -0.161. The van der Waals surface area contributed by atoms with Gasteiger partial charge in [-0.2, -0.15) is 0 Å². The smallest absolute Gasteiger partial charge is 0.227 e. The molecule has 4 N–H and O–H groups in total. The zero-order chi connectivity index (χ0) is 15.1. The largest absolute Gasteiger partial charge is 0.493 e. The fraction of sp³-hybridized carbons (Fsp3) is 0.188. The summed E-state index contributed by atoms with van der Waals surface area (Å²) in [6, 6.07) is 14.2. The van der Waals surface area contributed by atoms with Gasteiger partial charge in [0.1, 0.15) is 5.75 Å². The summed E-state index contributed by atoms with van der Waals surface area (Å²) in [6.07, 6.45) is 0.220. The fourth-order valence-electron chi connectivity index (χ4n) is 1.82. The normalized spacial score (nSPS) is 10.1. The van der Waals surface area contributed by atoms with Gasteiger partial charge in [-0.3, -0.25) is 4.79 Å². The van der Waals surface area contributed by atoms with Crippen LogP contribution in [0.4, 0.5) is 11.4 Å². The van der Waals surface area contributed by atoms with E-state index in [0.29, 0.717) is 17.1 Å². The van der Waals surface area contributed by atoms with E-state index < -0.39 is 0 Å². The van der Waals surface area contributed by atoms with Crippen LogP contribution in [0.1, 0.15) is 12.0 Å². The van der Waals surface area contributed by atoms with Gasteiger partial charge in [-0.05, 0) is 29.8 Å². The molecular formula is C16H18N2O3. The molecule has 2 aromatic carbocycles. The zero-order valence-electron chi connectivity index (χ0n) is 11.6. The van der Waals surface area contributed by atoms with Crippen LogP contribution in [0.5, 0.6) is 5.75 Å². The summed E-state index contributed by atoms with van der Waals surface area (Å²) in [5.74, 6) is 0.472. The number of nitrogens with one attached hydrogen (secondary N) is 1. The predicted octanol–water partition coefficient (Wildman–Crippen LogP) is 2.17. The van der Waals surface area contributed by atoms with E-state index in [1.54, 1.807) is 36.4 Å². The maximum atomic E-state index is 11.8. The third-order valence-corrected chi connectivity index (χ3v) is 2.91. The number of para-hydroxylation sites is 2. The SMILES string of the molecule is Nc1ccccc1NC(=O)CCOc1cccc(CO)c1. The Labute approximate surface area is 123 Å². The molecule has 0 aliphatic rings. The average molecular weight is 286 g/mol. The van der Waals surface area contributed by atoms with Crippen LogP contribution in [-0.2, 0) is 11.4 Å². The van der Waals surface area contributed by atoms with Crippen molar-refractivity contribution in [3.63, 3.8) is 0 Å². The highest BCUT2D eigenvalue weighted by molar-refractivity contribution is 5.93. The van der Waals surface area contributed by atoms with Gasteiger partial charge in [0.05, 0.1) is 31.0 Å². The van der Waals surface area contributed by atoms with Crippen LogP contribution < -0.4 is 15.8 Å². The van der Waals surface area contributed by atoms with Crippen LogP contribution in [0, 0.1) is 0 Å². The van der Waals surface area contributed by atoms with Crippen molar-refractivity contribution < 1.29 is 14.6 Å². The molecule has 0 radical (unpaired) electrons. The summed E-state index contributed by atoms with van der Waals surface area (Å²) < 4.78 is 5.48. The lowest BCUT2D eigenvalue weighted by Crippen LogP contribution is -2.16. The number of anilines is 2. The van der Waals surface area contributed by atoms with E-state index >= 15 is 0 Å².